The Kier molecular flexibility index (Phi) is 3.34. The van der Waals surface area contributed by atoms with Gasteiger partial charge in [0, 0.05) is 30.8 Å². The van der Waals surface area contributed by atoms with Crippen molar-refractivity contribution in [1.29, 1.82) is 0 Å². The molecule has 0 amide bonds. The van der Waals surface area contributed by atoms with Gasteiger partial charge in [-0.05, 0) is 37.3 Å². The van der Waals surface area contributed by atoms with Crippen LogP contribution in [0.3, 0.4) is 0 Å². The standard InChI is InChI=1S/C14H17ClN2O3/c1-8-4-13(17(19)20)11(15)5-12(8)16-6-9-2-3-14(18)10(9)7-16/h4-5,9-10,14,18H,2-3,6-7H2,1H3. The van der Waals surface area contributed by atoms with Crippen molar-refractivity contribution >= 4 is 23.0 Å². The van der Waals surface area contributed by atoms with Crippen molar-refractivity contribution in [3.8, 4) is 0 Å². The lowest BCUT2D eigenvalue weighted by atomic mass is 10.00. The lowest BCUT2D eigenvalue weighted by Crippen LogP contribution is -2.25. The van der Waals surface area contributed by atoms with Crippen LogP contribution in [0, 0.1) is 28.9 Å². The molecule has 3 rings (SSSR count). The number of anilines is 1. The van der Waals surface area contributed by atoms with Crippen molar-refractivity contribution in [2.45, 2.75) is 25.9 Å². The smallest absolute Gasteiger partial charge is 0.288 e. The third kappa shape index (κ3) is 2.15. The van der Waals surface area contributed by atoms with Crippen molar-refractivity contribution in [2.24, 2.45) is 11.8 Å². The third-order valence-electron chi connectivity index (χ3n) is 4.62. The first-order chi connectivity index (χ1) is 9.47. The molecule has 0 spiro atoms. The van der Waals surface area contributed by atoms with Crippen LogP contribution in [0.4, 0.5) is 11.4 Å². The zero-order valence-corrected chi connectivity index (χ0v) is 12.0. The van der Waals surface area contributed by atoms with Gasteiger partial charge in [0.1, 0.15) is 5.02 Å². The highest BCUT2D eigenvalue weighted by atomic mass is 35.5. The SMILES string of the molecule is Cc1cc([N+](=O)[O-])c(Cl)cc1N1CC2CCC(O)C2C1. The second-order valence-electron chi connectivity index (χ2n) is 5.82. The number of nitro groups is 1. The quantitative estimate of drug-likeness (QED) is 0.673. The fourth-order valence-corrected chi connectivity index (χ4v) is 3.80. The maximum Gasteiger partial charge on any atom is 0.288 e. The van der Waals surface area contributed by atoms with Crippen molar-refractivity contribution < 1.29 is 10.0 Å². The summed E-state index contributed by atoms with van der Waals surface area (Å²) in [5.41, 5.74) is 1.75. The Hall–Kier alpha value is -1.33. The van der Waals surface area contributed by atoms with Crippen LogP contribution in [0.25, 0.3) is 0 Å². The lowest BCUT2D eigenvalue weighted by molar-refractivity contribution is -0.384. The molecule has 6 heteroatoms. The Morgan fingerprint density at radius 3 is 2.80 bits per heavy atom. The molecule has 1 aliphatic heterocycles. The second kappa shape index (κ2) is 4.90. The van der Waals surface area contributed by atoms with Crippen molar-refractivity contribution in [1.82, 2.24) is 0 Å². The molecule has 2 aliphatic rings. The minimum Gasteiger partial charge on any atom is -0.393 e. The highest BCUT2D eigenvalue weighted by Crippen LogP contribution is 2.42. The third-order valence-corrected chi connectivity index (χ3v) is 4.92. The summed E-state index contributed by atoms with van der Waals surface area (Å²) in [4.78, 5) is 12.6. The highest BCUT2D eigenvalue weighted by molar-refractivity contribution is 6.33. The number of aliphatic hydroxyl groups is 1. The average Bonchev–Trinajstić information content (AvgIpc) is 2.94. The van der Waals surface area contributed by atoms with Gasteiger partial charge in [0.2, 0.25) is 0 Å². The number of benzene rings is 1. The molecule has 5 nitrogen and oxygen atoms in total. The molecule has 1 saturated heterocycles. The first kappa shape index (κ1) is 13.6. The summed E-state index contributed by atoms with van der Waals surface area (Å²) in [5, 5.41) is 21.0. The maximum absolute atomic E-state index is 10.9. The second-order valence-corrected chi connectivity index (χ2v) is 6.23. The van der Waals surface area contributed by atoms with E-state index >= 15 is 0 Å². The first-order valence-electron chi connectivity index (χ1n) is 6.85. The van der Waals surface area contributed by atoms with Gasteiger partial charge in [0.05, 0.1) is 11.0 Å². The number of aryl methyl sites for hydroxylation is 1. The summed E-state index contributed by atoms with van der Waals surface area (Å²) >= 11 is 6.01. The molecule has 1 heterocycles. The molecule has 3 atom stereocenters. The summed E-state index contributed by atoms with van der Waals surface area (Å²) in [6.45, 7) is 3.57. The fraction of sp³-hybridized carbons (Fsp3) is 0.571. The number of hydrogen-bond acceptors (Lipinski definition) is 4. The van der Waals surface area contributed by atoms with Crippen LogP contribution in [0.1, 0.15) is 18.4 Å². The van der Waals surface area contributed by atoms with Gasteiger partial charge in [-0.25, -0.2) is 0 Å². The zero-order chi connectivity index (χ0) is 14.4. The molecule has 1 saturated carbocycles. The van der Waals surface area contributed by atoms with E-state index in [9.17, 15) is 15.2 Å². The van der Waals surface area contributed by atoms with E-state index in [4.69, 9.17) is 11.6 Å². The molecule has 20 heavy (non-hydrogen) atoms. The van der Waals surface area contributed by atoms with E-state index in [1.165, 1.54) is 6.07 Å². The predicted molar refractivity (Wildman–Crippen MR) is 77.3 cm³/mol. The molecule has 0 bridgehead atoms. The number of nitrogens with zero attached hydrogens (tertiary/aromatic N) is 2. The predicted octanol–water partition coefficient (Wildman–Crippen LogP) is 2.76. The Morgan fingerprint density at radius 2 is 2.15 bits per heavy atom. The van der Waals surface area contributed by atoms with Crippen LogP contribution in [0.2, 0.25) is 5.02 Å². The molecule has 3 unspecified atom stereocenters. The van der Waals surface area contributed by atoms with Crippen molar-refractivity contribution in [2.75, 3.05) is 18.0 Å². The number of aliphatic hydroxyl groups excluding tert-OH is 1. The Bertz CT molecular complexity index is 564. The summed E-state index contributed by atoms with van der Waals surface area (Å²) in [6, 6.07) is 3.21. The number of rotatable bonds is 2. The van der Waals surface area contributed by atoms with Crippen LogP contribution in [0.15, 0.2) is 12.1 Å². The number of hydrogen-bond donors (Lipinski definition) is 1. The van der Waals surface area contributed by atoms with Gasteiger partial charge in [-0.1, -0.05) is 11.6 Å². The van der Waals surface area contributed by atoms with Crippen LogP contribution in [0.5, 0.6) is 0 Å². The van der Waals surface area contributed by atoms with Crippen LogP contribution in [-0.2, 0) is 0 Å². The average molecular weight is 297 g/mol. The molecule has 1 aromatic carbocycles. The molecule has 1 aliphatic carbocycles. The fourth-order valence-electron chi connectivity index (χ4n) is 3.57. The highest BCUT2D eigenvalue weighted by Gasteiger charge is 2.42. The molecule has 1 aromatic rings. The Morgan fingerprint density at radius 1 is 1.40 bits per heavy atom. The molecule has 108 valence electrons. The number of fused-ring (bicyclic) bond motifs is 1. The lowest BCUT2D eigenvalue weighted by Gasteiger charge is -2.22. The van der Waals surface area contributed by atoms with Gasteiger partial charge in [-0.15, -0.1) is 0 Å². The topological polar surface area (TPSA) is 66.6 Å². The van der Waals surface area contributed by atoms with Gasteiger partial charge in [0.25, 0.3) is 5.69 Å². The van der Waals surface area contributed by atoms with E-state index in [1.807, 2.05) is 6.92 Å². The zero-order valence-electron chi connectivity index (χ0n) is 11.3. The minimum absolute atomic E-state index is 0.0488. The molecule has 1 N–H and O–H groups in total. The van der Waals surface area contributed by atoms with Gasteiger partial charge in [0.15, 0.2) is 0 Å². The molecular weight excluding hydrogens is 280 g/mol. The van der Waals surface area contributed by atoms with Gasteiger partial charge in [-0.3, -0.25) is 10.1 Å². The number of nitro benzene ring substituents is 1. The molecule has 0 aromatic heterocycles. The first-order valence-corrected chi connectivity index (χ1v) is 7.22. The minimum atomic E-state index is -0.457. The Labute approximate surface area is 122 Å². The summed E-state index contributed by atoms with van der Waals surface area (Å²) < 4.78 is 0. The molecule has 0 radical (unpaired) electrons. The monoisotopic (exact) mass is 296 g/mol. The van der Waals surface area contributed by atoms with E-state index in [-0.39, 0.29) is 16.8 Å². The Balaban J connectivity index is 1.89. The van der Waals surface area contributed by atoms with E-state index in [0.717, 1.165) is 37.2 Å². The van der Waals surface area contributed by atoms with E-state index in [1.54, 1.807) is 6.07 Å². The van der Waals surface area contributed by atoms with Crippen LogP contribution < -0.4 is 4.90 Å². The summed E-state index contributed by atoms with van der Waals surface area (Å²) in [6.07, 6.45) is 1.74. The van der Waals surface area contributed by atoms with E-state index < -0.39 is 4.92 Å². The van der Waals surface area contributed by atoms with Crippen molar-refractivity contribution in [3.05, 3.63) is 32.8 Å². The largest absolute Gasteiger partial charge is 0.393 e. The van der Waals surface area contributed by atoms with Gasteiger partial charge < -0.3 is 10.0 Å². The number of halogens is 1. The molecular formula is C14H17ClN2O3. The maximum atomic E-state index is 10.9. The van der Waals surface area contributed by atoms with Crippen LogP contribution in [-0.4, -0.2) is 29.2 Å². The normalized spacial score (nSPS) is 28.8. The van der Waals surface area contributed by atoms with E-state index in [2.05, 4.69) is 4.90 Å². The summed E-state index contributed by atoms with van der Waals surface area (Å²) in [5.74, 6) is 0.849. The van der Waals surface area contributed by atoms with Gasteiger partial charge in [-0.2, -0.15) is 0 Å². The van der Waals surface area contributed by atoms with E-state index in [0.29, 0.717) is 11.8 Å². The van der Waals surface area contributed by atoms with Crippen molar-refractivity contribution in [3.63, 3.8) is 0 Å². The van der Waals surface area contributed by atoms with Gasteiger partial charge >= 0.3 is 0 Å². The van der Waals surface area contributed by atoms with Crippen LogP contribution >= 0.6 is 11.6 Å². The summed E-state index contributed by atoms with van der Waals surface area (Å²) in [7, 11) is 0. The molecule has 2 fully saturated rings.